The summed E-state index contributed by atoms with van der Waals surface area (Å²) in [6.07, 6.45) is 5.42. The van der Waals surface area contributed by atoms with Crippen LogP contribution in [0.2, 0.25) is 10.0 Å². The van der Waals surface area contributed by atoms with Crippen molar-refractivity contribution >= 4 is 29.1 Å². The molecular formula is C19H20Cl2N2O2. The quantitative estimate of drug-likeness (QED) is 0.764. The summed E-state index contributed by atoms with van der Waals surface area (Å²) < 4.78 is 5.71. The number of benzene rings is 1. The third-order valence-electron chi connectivity index (χ3n) is 4.41. The van der Waals surface area contributed by atoms with E-state index in [2.05, 4.69) is 11.9 Å². The molecule has 1 amide bonds. The molecule has 6 heteroatoms. The number of carbonyl (C=O) groups excluding carboxylic acids is 1. The summed E-state index contributed by atoms with van der Waals surface area (Å²) in [5, 5.41) is 0.930. The van der Waals surface area contributed by atoms with Gasteiger partial charge in [0.15, 0.2) is 0 Å². The van der Waals surface area contributed by atoms with E-state index in [0.717, 1.165) is 31.5 Å². The number of carbonyl (C=O) groups is 1. The van der Waals surface area contributed by atoms with E-state index in [1.807, 2.05) is 11.0 Å². The van der Waals surface area contributed by atoms with Crippen LogP contribution in [0.15, 0.2) is 36.7 Å². The second-order valence-corrected chi connectivity index (χ2v) is 7.24. The van der Waals surface area contributed by atoms with Crippen molar-refractivity contribution in [1.82, 2.24) is 9.88 Å². The Morgan fingerprint density at radius 3 is 2.68 bits per heavy atom. The third kappa shape index (κ3) is 4.65. The van der Waals surface area contributed by atoms with Crippen molar-refractivity contribution in [2.24, 2.45) is 5.92 Å². The standard InChI is InChI=1S/C19H20Cl2N2O2/c1-13-4-6-23(7-5-13)19(24)15-8-14(10-22-11-15)12-25-16-2-3-17(20)18(21)9-16/h2-3,8-11,13H,4-7,12H2,1H3. The lowest BCUT2D eigenvalue weighted by atomic mass is 9.99. The minimum atomic E-state index is 0.0378. The van der Waals surface area contributed by atoms with E-state index in [9.17, 15) is 4.79 Å². The molecule has 1 aromatic carbocycles. The zero-order valence-corrected chi connectivity index (χ0v) is 15.6. The van der Waals surface area contributed by atoms with E-state index in [1.54, 1.807) is 30.6 Å². The number of nitrogens with zero attached hydrogens (tertiary/aromatic N) is 2. The Morgan fingerprint density at radius 1 is 1.20 bits per heavy atom. The average molecular weight is 379 g/mol. The molecule has 0 aliphatic carbocycles. The number of halogens is 2. The van der Waals surface area contributed by atoms with Gasteiger partial charge >= 0.3 is 0 Å². The SMILES string of the molecule is CC1CCN(C(=O)c2cncc(COc3ccc(Cl)c(Cl)c3)c2)CC1. The Kier molecular flexibility index (Phi) is 5.82. The molecule has 132 valence electrons. The normalized spacial score (nSPS) is 15.2. The summed E-state index contributed by atoms with van der Waals surface area (Å²) >= 11 is 11.9. The molecule has 1 fully saturated rings. The summed E-state index contributed by atoms with van der Waals surface area (Å²) in [4.78, 5) is 18.7. The van der Waals surface area contributed by atoms with E-state index in [4.69, 9.17) is 27.9 Å². The van der Waals surface area contributed by atoms with Crippen molar-refractivity contribution in [3.8, 4) is 5.75 Å². The van der Waals surface area contributed by atoms with E-state index in [0.29, 0.717) is 33.9 Å². The Balaban J connectivity index is 1.64. The van der Waals surface area contributed by atoms with Gasteiger partial charge in [0.2, 0.25) is 0 Å². The van der Waals surface area contributed by atoms with E-state index >= 15 is 0 Å². The molecule has 1 saturated heterocycles. The Labute approximate surface area is 157 Å². The number of hydrogen-bond acceptors (Lipinski definition) is 3. The van der Waals surface area contributed by atoms with E-state index in [-0.39, 0.29) is 5.91 Å². The topological polar surface area (TPSA) is 42.4 Å². The van der Waals surface area contributed by atoms with Crippen molar-refractivity contribution in [1.29, 1.82) is 0 Å². The summed E-state index contributed by atoms with van der Waals surface area (Å²) in [6.45, 7) is 4.15. The van der Waals surface area contributed by atoms with Gasteiger partial charge in [0.1, 0.15) is 12.4 Å². The van der Waals surface area contributed by atoms with Crippen molar-refractivity contribution in [3.05, 3.63) is 57.8 Å². The summed E-state index contributed by atoms with van der Waals surface area (Å²) in [5.74, 6) is 1.35. The molecule has 4 nitrogen and oxygen atoms in total. The second-order valence-electron chi connectivity index (χ2n) is 6.42. The van der Waals surface area contributed by atoms with Crippen molar-refractivity contribution in [2.75, 3.05) is 13.1 Å². The van der Waals surface area contributed by atoms with Crippen molar-refractivity contribution < 1.29 is 9.53 Å². The highest BCUT2D eigenvalue weighted by Gasteiger charge is 2.21. The predicted molar refractivity (Wildman–Crippen MR) is 99.3 cm³/mol. The Morgan fingerprint density at radius 2 is 1.96 bits per heavy atom. The molecule has 0 spiro atoms. The van der Waals surface area contributed by atoms with Crippen LogP contribution >= 0.6 is 23.2 Å². The number of amides is 1. The van der Waals surface area contributed by atoms with Gasteiger partial charge < -0.3 is 9.64 Å². The molecule has 25 heavy (non-hydrogen) atoms. The highest BCUT2D eigenvalue weighted by atomic mass is 35.5. The maximum Gasteiger partial charge on any atom is 0.255 e. The molecule has 1 aliphatic rings. The fourth-order valence-electron chi connectivity index (χ4n) is 2.81. The lowest BCUT2D eigenvalue weighted by Crippen LogP contribution is -2.38. The zero-order valence-electron chi connectivity index (χ0n) is 14.0. The van der Waals surface area contributed by atoms with Gasteiger partial charge in [0, 0.05) is 37.1 Å². The van der Waals surface area contributed by atoms with Crippen LogP contribution in [0.1, 0.15) is 35.7 Å². The van der Waals surface area contributed by atoms with Crippen molar-refractivity contribution in [2.45, 2.75) is 26.4 Å². The first-order valence-corrected chi connectivity index (χ1v) is 9.09. The molecule has 2 heterocycles. The van der Waals surface area contributed by atoms with Crippen LogP contribution in [0, 0.1) is 5.92 Å². The number of piperidine rings is 1. The summed E-state index contributed by atoms with van der Waals surface area (Å²) in [5.41, 5.74) is 1.44. The van der Waals surface area contributed by atoms with Crippen LogP contribution in [0.5, 0.6) is 5.75 Å². The molecule has 3 rings (SSSR count). The van der Waals surface area contributed by atoms with Gasteiger partial charge in [-0.3, -0.25) is 9.78 Å². The van der Waals surface area contributed by atoms with Gasteiger partial charge in [-0.2, -0.15) is 0 Å². The number of ether oxygens (including phenoxy) is 1. The van der Waals surface area contributed by atoms with Crippen LogP contribution in [-0.2, 0) is 6.61 Å². The highest BCUT2D eigenvalue weighted by molar-refractivity contribution is 6.42. The maximum atomic E-state index is 12.6. The zero-order chi connectivity index (χ0) is 17.8. The first-order chi connectivity index (χ1) is 12.0. The third-order valence-corrected chi connectivity index (χ3v) is 5.15. The fraction of sp³-hybridized carbons (Fsp3) is 0.368. The minimum Gasteiger partial charge on any atom is -0.489 e. The lowest BCUT2D eigenvalue weighted by molar-refractivity contribution is 0.0696. The number of likely N-dealkylation sites (tertiary alicyclic amines) is 1. The molecule has 2 aromatic rings. The van der Waals surface area contributed by atoms with Crippen LogP contribution in [-0.4, -0.2) is 28.9 Å². The molecule has 1 aromatic heterocycles. The summed E-state index contributed by atoms with van der Waals surface area (Å²) in [7, 11) is 0. The summed E-state index contributed by atoms with van der Waals surface area (Å²) in [6, 6.07) is 6.95. The monoisotopic (exact) mass is 378 g/mol. The first-order valence-electron chi connectivity index (χ1n) is 8.34. The molecular weight excluding hydrogens is 359 g/mol. The van der Waals surface area contributed by atoms with Gasteiger partial charge in [-0.15, -0.1) is 0 Å². The number of hydrogen-bond donors (Lipinski definition) is 0. The lowest BCUT2D eigenvalue weighted by Gasteiger charge is -2.30. The number of rotatable bonds is 4. The van der Waals surface area contributed by atoms with Gasteiger partial charge in [0.25, 0.3) is 5.91 Å². The number of aromatic nitrogens is 1. The molecule has 0 saturated carbocycles. The minimum absolute atomic E-state index is 0.0378. The molecule has 0 atom stereocenters. The second kappa shape index (κ2) is 8.07. The highest BCUT2D eigenvalue weighted by Crippen LogP contribution is 2.27. The first kappa shape index (κ1) is 18.0. The Hall–Kier alpha value is -1.78. The Bertz CT molecular complexity index is 759. The smallest absolute Gasteiger partial charge is 0.255 e. The molecule has 0 radical (unpaired) electrons. The van der Waals surface area contributed by atoms with Crippen LogP contribution in [0.3, 0.4) is 0 Å². The van der Waals surface area contributed by atoms with E-state index in [1.165, 1.54) is 0 Å². The van der Waals surface area contributed by atoms with Gasteiger partial charge in [0.05, 0.1) is 15.6 Å². The fourth-order valence-corrected chi connectivity index (χ4v) is 3.10. The van der Waals surface area contributed by atoms with Gasteiger partial charge in [-0.25, -0.2) is 0 Å². The van der Waals surface area contributed by atoms with Crippen LogP contribution < -0.4 is 4.74 Å². The average Bonchev–Trinajstić information content (AvgIpc) is 2.63. The van der Waals surface area contributed by atoms with Gasteiger partial charge in [-0.05, 0) is 37.0 Å². The van der Waals surface area contributed by atoms with Crippen molar-refractivity contribution in [3.63, 3.8) is 0 Å². The largest absolute Gasteiger partial charge is 0.489 e. The predicted octanol–water partition coefficient (Wildman–Crippen LogP) is 4.84. The van der Waals surface area contributed by atoms with Gasteiger partial charge in [-0.1, -0.05) is 30.1 Å². The number of pyridine rings is 1. The van der Waals surface area contributed by atoms with Crippen LogP contribution in [0.25, 0.3) is 0 Å². The maximum absolute atomic E-state index is 12.6. The molecule has 0 unspecified atom stereocenters. The molecule has 0 N–H and O–H groups in total. The molecule has 1 aliphatic heterocycles. The molecule has 0 bridgehead atoms. The van der Waals surface area contributed by atoms with E-state index < -0.39 is 0 Å². The van der Waals surface area contributed by atoms with Crippen LogP contribution in [0.4, 0.5) is 0 Å².